The Labute approximate surface area is 248 Å². The van der Waals surface area contributed by atoms with Gasteiger partial charge in [0.15, 0.2) is 0 Å². The molecule has 0 aliphatic rings. The number of nitrogens with zero attached hydrogens (tertiary/aromatic N) is 2. The van der Waals surface area contributed by atoms with Gasteiger partial charge >= 0.3 is 0 Å². The number of fused-ring (bicyclic) bond motifs is 2. The van der Waals surface area contributed by atoms with Crippen LogP contribution in [0.15, 0.2) is 78.3 Å². The first kappa shape index (κ1) is 28.5. The average Bonchev–Trinajstić information content (AvgIpc) is 3.71. The maximum absolute atomic E-state index is 12.3. The molecular formula is C32H33ClN6OS. The second kappa shape index (κ2) is 12.7. The smallest absolute Gasteiger partial charge is 0.241 e. The molecule has 0 saturated carbocycles. The lowest BCUT2D eigenvalue weighted by Gasteiger charge is -2.17. The summed E-state index contributed by atoms with van der Waals surface area (Å²) >= 11 is 7.67. The highest BCUT2D eigenvalue weighted by molar-refractivity contribution is 7.09. The van der Waals surface area contributed by atoms with Gasteiger partial charge in [-0.05, 0) is 48.7 Å². The number of anilines is 1. The van der Waals surface area contributed by atoms with Crippen molar-refractivity contribution in [3.63, 3.8) is 0 Å². The lowest BCUT2D eigenvalue weighted by molar-refractivity contribution is -0.118. The van der Waals surface area contributed by atoms with Crippen LogP contribution in [-0.4, -0.2) is 31.9 Å². The van der Waals surface area contributed by atoms with E-state index in [0.29, 0.717) is 6.42 Å². The molecule has 6 rings (SSSR count). The maximum Gasteiger partial charge on any atom is 0.241 e. The molecule has 0 spiro atoms. The predicted octanol–water partition coefficient (Wildman–Crippen LogP) is 7.72. The van der Waals surface area contributed by atoms with Crippen LogP contribution < -0.4 is 11.1 Å². The quantitative estimate of drug-likeness (QED) is 0.154. The first-order valence-electron chi connectivity index (χ1n) is 13.6. The molecule has 1 amide bonds. The van der Waals surface area contributed by atoms with Crippen molar-refractivity contribution in [1.82, 2.24) is 19.9 Å². The number of aromatic nitrogens is 4. The number of amides is 1. The van der Waals surface area contributed by atoms with Gasteiger partial charge in [0, 0.05) is 45.2 Å². The van der Waals surface area contributed by atoms with Gasteiger partial charge < -0.3 is 21.0 Å². The number of aromatic amines is 2. The van der Waals surface area contributed by atoms with E-state index in [1.165, 1.54) is 10.9 Å². The molecule has 0 radical (unpaired) electrons. The molecule has 0 saturated heterocycles. The van der Waals surface area contributed by atoms with E-state index in [1.54, 1.807) is 11.3 Å². The number of hydrogen-bond donors (Lipinski definition) is 4. The number of hydrogen-bond acceptors (Lipinski definition) is 5. The number of H-pyrrole nitrogens is 2. The first-order chi connectivity index (χ1) is 19.8. The molecule has 0 aliphatic heterocycles. The molecule has 2 atom stereocenters. The van der Waals surface area contributed by atoms with E-state index in [0.717, 1.165) is 55.8 Å². The van der Waals surface area contributed by atoms with Gasteiger partial charge in [-0.1, -0.05) is 68.3 Å². The van der Waals surface area contributed by atoms with Crippen LogP contribution in [0, 0.1) is 12.8 Å². The second-order valence-electron chi connectivity index (χ2n) is 10.1. The average molecular weight is 585 g/mol. The Hall–Kier alpha value is -3.98. The van der Waals surface area contributed by atoms with Gasteiger partial charge in [-0.15, -0.1) is 11.3 Å². The maximum atomic E-state index is 12.3. The van der Waals surface area contributed by atoms with Gasteiger partial charge in [-0.3, -0.25) is 4.79 Å². The zero-order chi connectivity index (χ0) is 28.9. The minimum atomic E-state index is -0.514. The van der Waals surface area contributed by atoms with E-state index in [2.05, 4.69) is 37.4 Å². The molecule has 3 heterocycles. The fourth-order valence-corrected chi connectivity index (χ4v) is 5.42. The molecule has 7 nitrogen and oxygen atoms in total. The van der Waals surface area contributed by atoms with Crippen molar-refractivity contribution in [1.29, 1.82) is 0 Å². The van der Waals surface area contributed by atoms with Crippen molar-refractivity contribution in [2.75, 3.05) is 5.32 Å². The number of thiazole rings is 1. The van der Waals surface area contributed by atoms with Crippen LogP contribution in [0.1, 0.15) is 36.7 Å². The van der Waals surface area contributed by atoms with Crippen LogP contribution in [0.5, 0.6) is 0 Å². The van der Waals surface area contributed by atoms with Gasteiger partial charge in [0.25, 0.3) is 0 Å². The molecule has 0 aliphatic carbocycles. The molecular weight excluding hydrogens is 552 g/mol. The summed E-state index contributed by atoms with van der Waals surface area (Å²) in [4.78, 5) is 28.0. The van der Waals surface area contributed by atoms with Crippen molar-refractivity contribution >= 4 is 56.5 Å². The summed E-state index contributed by atoms with van der Waals surface area (Å²) in [5.74, 6) is 0.866. The molecule has 5 N–H and O–H groups in total. The number of imidazole rings is 1. The summed E-state index contributed by atoms with van der Waals surface area (Å²) in [5.41, 5.74) is 12.8. The third-order valence-electron chi connectivity index (χ3n) is 7.16. The van der Waals surface area contributed by atoms with Gasteiger partial charge in [0.05, 0.1) is 27.8 Å². The zero-order valence-electron chi connectivity index (χ0n) is 23.2. The molecule has 41 heavy (non-hydrogen) atoms. The number of rotatable bonds is 7. The van der Waals surface area contributed by atoms with Gasteiger partial charge in [0.2, 0.25) is 5.91 Å². The Kier molecular flexibility index (Phi) is 8.83. The summed E-state index contributed by atoms with van der Waals surface area (Å²) in [6.45, 7) is 6.01. The third kappa shape index (κ3) is 6.68. The normalized spacial score (nSPS) is 12.6. The molecule has 3 aromatic carbocycles. The zero-order valence-corrected chi connectivity index (χ0v) is 24.8. The van der Waals surface area contributed by atoms with E-state index in [-0.39, 0.29) is 11.8 Å². The molecule has 9 heteroatoms. The standard InChI is InChI=1S/C22H25N5O.C10H8ClNS/c1-3-13(2)21(23)22(28)25-15-8-9-18-19(11-15)27-20(26-18)10-14-12-24-17-7-5-4-6-16(14)17;1-7-12-10(6-13-7)8-4-2-3-5-9(8)11/h4-9,11-13,21,24H,3,10,23H2,1-2H3,(H,25,28)(H,26,27);2-6H,1H3/t13-,21-;/m0./s1. The number of carbonyl (C=O) groups excluding carboxylic acids is 1. The fraction of sp³-hybridized carbons (Fsp3) is 0.219. The largest absolute Gasteiger partial charge is 0.361 e. The van der Waals surface area contributed by atoms with E-state index in [1.807, 2.05) is 86.9 Å². The highest BCUT2D eigenvalue weighted by Gasteiger charge is 2.19. The lowest BCUT2D eigenvalue weighted by atomic mass is 9.99. The number of benzene rings is 3. The molecule has 0 fully saturated rings. The number of halogens is 1. The van der Waals surface area contributed by atoms with Crippen LogP contribution in [-0.2, 0) is 11.2 Å². The van der Waals surface area contributed by atoms with E-state index >= 15 is 0 Å². The Bertz CT molecular complexity index is 1790. The third-order valence-corrected chi connectivity index (χ3v) is 8.26. The van der Waals surface area contributed by atoms with E-state index in [9.17, 15) is 4.79 Å². The molecule has 3 aromatic heterocycles. The molecule has 210 valence electrons. The topological polar surface area (TPSA) is 112 Å². The predicted molar refractivity (Wildman–Crippen MR) is 171 cm³/mol. The summed E-state index contributed by atoms with van der Waals surface area (Å²) in [6.07, 6.45) is 3.60. The molecule has 6 aromatic rings. The van der Waals surface area contributed by atoms with E-state index in [4.69, 9.17) is 17.3 Å². The van der Waals surface area contributed by atoms with Crippen LogP contribution in [0.4, 0.5) is 5.69 Å². The Balaban J connectivity index is 0.000000216. The van der Waals surface area contributed by atoms with Crippen molar-refractivity contribution in [2.24, 2.45) is 11.7 Å². The van der Waals surface area contributed by atoms with E-state index < -0.39 is 6.04 Å². The lowest BCUT2D eigenvalue weighted by Crippen LogP contribution is -2.40. The molecule has 0 bridgehead atoms. The van der Waals surface area contributed by atoms with Crippen LogP contribution in [0.25, 0.3) is 33.2 Å². The number of para-hydroxylation sites is 1. The van der Waals surface area contributed by atoms with Crippen LogP contribution in [0.3, 0.4) is 0 Å². The minimum absolute atomic E-state index is 0.138. The van der Waals surface area contributed by atoms with Crippen molar-refractivity contribution < 1.29 is 4.79 Å². The van der Waals surface area contributed by atoms with Gasteiger partial charge in [-0.2, -0.15) is 0 Å². The summed E-state index contributed by atoms with van der Waals surface area (Å²) in [5, 5.41) is 7.96. The van der Waals surface area contributed by atoms with Crippen molar-refractivity contribution in [2.45, 2.75) is 39.7 Å². The molecule has 0 unspecified atom stereocenters. The SMILES string of the molecule is CC[C@H](C)[C@H](N)C(=O)Nc1ccc2nc(Cc3c[nH]c4ccccc34)[nH]c2c1.Cc1nc(-c2ccccc2Cl)cs1. The number of nitrogens with one attached hydrogen (secondary N) is 3. The second-order valence-corrected chi connectivity index (χ2v) is 11.6. The summed E-state index contributed by atoms with van der Waals surface area (Å²) < 4.78 is 0. The Morgan fingerprint density at radius 2 is 1.85 bits per heavy atom. The monoisotopic (exact) mass is 584 g/mol. The van der Waals surface area contributed by atoms with Crippen molar-refractivity contribution in [3.05, 3.63) is 99.7 Å². The van der Waals surface area contributed by atoms with Crippen LogP contribution in [0.2, 0.25) is 5.02 Å². The van der Waals surface area contributed by atoms with Crippen molar-refractivity contribution in [3.8, 4) is 11.3 Å². The highest BCUT2D eigenvalue weighted by Crippen LogP contribution is 2.28. The fourth-order valence-electron chi connectivity index (χ4n) is 4.58. The van der Waals surface area contributed by atoms with Crippen LogP contribution >= 0.6 is 22.9 Å². The van der Waals surface area contributed by atoms with Gasteiger partial charge in [-0.25, -0.2) is 9.97 Å². The highest BCUT2D eigenvalue weighted by atomic mass is 35.5. The Morgan fingerprint density at radius 1 is 1.07 bits per heavy atom. The number of carbonyl (C=O) groups is 1. The summed E-state index contributed by atoms with van der Waals surface area (Å²) in [6, 6.07) is 21.2. The minimum Gasteiger partial charge on any atom is -0.361 e. The number of nitrogens with two attached hydrogens (primary N) is 1. The van der Waals surface area contributed by atoms with Gasteiger partial charge in [0.1, 0.15) is 5.82 Å². The summed E-state index contributed by atoms with van der Waals surface area (Å²) in [7, 11) is 0. The Morgan fingerprint density at radius 3 is 2.61 bits per heavy atom. The first-order valence-corrected chi connectivity index (χ1v) is 14.8. The number of aryl methyl sites for hydroxylation is 1.